The van der Waals surface area contributed by atoms with Crippen LogP contribution in [0, 0.1) is 0 Å². The molecule has 0 aromatic carbocycles. The first kappa shape index (κ1) is 21.0. The molecule has 4 nitrogen and oxygen atoms in total. The van der Waals surface area contributed by atoms with Crippen LogP contribution in [0.3, 0.4) is 0 Å². The summed E-state index contributed by atoms with van der Waals surface area (Å²) in [6.45, 7) is 1.21. The van der Waals surface area contributed by atoms with Gasteiger partial charge in [-0.05, 0) is 38.5 Å². The molecule has 7 heteroatoms. The maximum absolute atomic E-state index is 11.5. The summed E-state index contributed by atoms with van der Waals surface area (Å²) < 4.78 is 0. The highest BCUT2D eigenvalue weighted by molar-refractivity contribution is 7.10. The summed E-state index contributed by atoms with van der Waals surface area (Å²) in [4.78, 5) is 14.9. The van der Waals surface area contributed by atoms with Gasteiger partial charge in [0.25, 0.3) is 0 Å². The Balaban J connectivity index is 0. The quantitative estimate of drug-likeness (QED) is 0.805. The zero-order valence-corrected chi connectivity index (χ0v) is 13.7. The summed E-state index contributed by atoms with van der Waals surface area (Å²) in [7, 11) is 4.05. The molecule has 0 spiro atoms. The third-order valence-electron chi connectivity index (χ3n) is 2.60. The molecule has 1 aromatic heterocycles. The molecular formula is C12H23Cl2N3OS. The number of carbonyl (C=O) groups is 1. The fraction of sp³-hybridized carbons (Fsp3) is 0.583. The van der Waals surface area contributed by atoms with Crippen LogP contribution in [0.2, 0.25) is 0 Å². The van der Waals surface area contributed by atoms with Crippen molar-refractivity contribution >= 4 is 42.1 Å². The molecule has 0 radical (unpaired) electrons. The fourth-order valence-electron chi connectivity index (χ4n) is 1.58. The number of nitrogens with one attached hydrogen (secondary N) is 1. The van der Waals surface area contributed by atoms with Gasteiger partial charge >= 0.3 is 0 Å². The maximum Gasteiger partial charge on any atom is 0.220 e. The van der Waals surface area contributed by atoms with E-state index in [9.17, 15) is 4.79 Å². The maximum atomic E-state index is 11.5. The lowest BCUT2D eigenvalue weighted by molar-refractivity contribution is -0.121. The molecule has 3 N–H and O–H groups in total. The third-order valence-corrected chi connectivity index (χ3v) is 3.57. The Morgan fingerprint density at radius 1 is 1.47 bits per heavy atom. The Bertz CT molecular complexity index is 334. The van der Waals surface area contributed by atoms with Gasteiger partial charge in [0.2, 0.25) is 5.91 Å². The van der Waals surface area contributed by atoms with Gasteiger partial charge in [-0.2, -0.15) is 0 Å². The van der Waals surface area contributed by atoms with Gasteiger partial charge < -0.3 is 16.0 Å². The van der Waals surface area contributed by atoms with Crippen LogP contribution in [0.5, 0.6) is 0 Å². The van der Waals surface area contributed by atoms with Crippen LogP contribution in [0.4, 0.5) is 0 Å². The molecule has 1 aromatic rings. The minimum atomic E-state index is 0. The second kappa shape index (κ2) is 11.5. The van der Waals surface area contributed by atoms with Gasteiger partial charge in [-0.15, -0.1) is 36.2 Å². The number of rotatable bonds is 7. The first-order valence-electron chi connectivity index (χ1n) is 5.81. The Morgan fingerprint density at radius 2 is 2.16 bits per heavy atom. The summed E-state index contributed by atoms with van der Waals surface area (Å²) in [5.74, 6) is 0.0823. The van der Waals surface area contributed by atoms with Crippen molar-refractivity contribution in [1.82, 2.24) is 10.2 Å². The zero-order chi connectivity index (χ0) is 12.7. The molecule has 0 saturated heterocycles. The highest BCUT2D eigenvalue weighted by Gasteiger charge is 2.15. The fourth-order valence-corrected chi connectivity index (χ4v) is 2.50. The van der Waals surface area contributed by atoms with E-state index in [2.05, 4.69) is 21.7 Å². The minimum Gasteiger partial charge on any atom is -0.354 e. The smallest absolute Gasteiger partial charge is 0.220 e. The van der Waals surface area contributed by atoms with Crippen LogP contribution in [-0.2, 0) is 4.79 Å². The second-order valence-electron chi connectivity index (χ2n) is 4.19. The molecule has 0 aliphatic rings. The van der Waals surface area contributed by atoms with Crippen molar-refractivity contribution < 1.29 is 4.79 Å². The average Bonchev–Trinajstić information content (AvgIpc) is 2.79. The van der Waals surface area contributed by atoms with Gasteiger partial charge in [-0.25, -0.2) is 0 Å². The largest absolute Gasteiger partial charge is 0.354 e. The van der Waals surface area contributed by atoms with E-state index in [0.717, 1.165) is 6.42 Å². The van der Waals surface area contributed by atoms with Crippen molar-refractivity contribution in [3.05, 3.63) is 22.4 Å². The minimum absolute atomic E-state index is 0. The predicted octanol–water partition coefficient (Wildman–Crippen LogP) is 2.05. The second-order valence-corrected chi connectivity index (χ2v) is 5.17. The zero-order valence-electron chi connectivity index (χ0n) is 11.3. The summed E-state index contributed by atoms with van der Waals surface area (Å²) >= 11 is 1.72. The van der Waals surface area contributed by atoms with Crippen molar-refractivity contribution in [2.45, 2.75) is 18.9 Å². The molecule has 1 atom stereocenters. The Kier molecular flexibility index (Phi) is 12.7. The van der Waals surface area contributed by atoms with Crippen molar-refractivity contribution in [3.63, 3.8) is 0 Å². The first-order chi connectivity index (χ1) is 8.15. The molecule has 1 unspecified atom stereocenters. The molecule has 0 saturated carbocycles. The van der Waals surface area contributed by atoms with Crippen LogP contribution >= 0.6 is 36.2 Å². The van der Waals surface area contributed by atoms with Crippen LogP contribution in [0.25, 0.3) is 0 Å². The van der Waals surface area contributed by atoms with Crippen LogP contribution in [0.15, 0.2) is 17.5 Å². The molecule has 0 fully saturated rings. The number of nitrogens with zero attached hydrogens (tertiary/aromatic N) is 1. The van der Waals surface area contributed by atoms with Crippen molar-refractivity contribution in [2.24, 2.45) is 5.73 Å². The standard InChI is InChI=1S/C12H21N3OS.2ClH/c1-15(2)10(11-5-4-8-17-11)9-14-12(16)6-3-7-13;;/h4-5,8,10H,3,6-7,9,13H2,1-2H3,(H,14,16);2*1H. The predicted molar refractivity (Wildman–Crippen MR) is 86.5 cm³/mol. The van der Waals surface area contributed by atoms with Crippen molar-refractivity contribution in [2.75, 3.05) is 27.2 Å². The lowest BCUT2D eigenvalue weighted by atomic mass is 10.2. The van der Waals surface area contributed by atoms with Gasteiger partial charge in [0, 0.05) is 17.8 Å². The number of amides is 1. The summed E-state index contributed by atoms with van der Waals surface area (Å²) in [5, 5.41) is 5.02. The van der Waals surface area contributed by atoms with E-state index in [-0.39, 0.29) is 36.8 Å². The molecule has 0 bridgehead atoms. The van der Waals surface area contributed by atoms with E-state index in [1.165, 1.54) is 4.88 Å². The highest BCUT2D eigenvalue weighted by Crippen LogP contribution is 2.22. The molecule has 0 aliphatic heterocycles. The molecular weight excluding hydrogens is 305 g/mol. The number of likely N-dealkylation sites (N-methyl/N-ethyl adjacent to an activating group) is 1. The lowest BCUT2D eigenvalue weighted by Gasteiger charge is -2.23. The average molecular weight is 328 g/mol. The van der Waals surface area contributed by atoms with Gasteiger partial charge in [-0.3, -0.25) is 4.79 Å². The Morgan fingerprint density at radius 3 is 2.63 bits per heavy atom. The highest BCUT2D eigenvalue weighted by atomic mass is 35.5. The number of halogens is 2. The molecule has 1 rings (SSSR count). The SMILES string of the molecule is CN(C)C(CNC(=O)CCCN)c1cccs1.Cl.Cl. The van der Waals surface area contributed by atoms with E-state index >= 15 is 0 Å². The Hall–Kier alpha value is -0.330. The molecule has 1 amide bonds. The van der Waals surface area contributed by atoms with Crippen molar-refractivity contribution in [1.29, 1.82) is 0 Å². The van der Waals surface area contributed by atoms with E-state index < -0.39 is 0 Å². The monoisotopic (exact) mass is 327 g/mol. The van der Waals surface area contributed by atoms with Gasteiger partial charge in [0.1, 0.15) is 0 Å². The third kappa shape index (κ3) is 7.74. The van der Waals surface area contributed by atoms with Crippen LogP contribution in [-0.4, -0.2) is 38.0 Å². The summed E-state index contributed by atoms with van der Waals surface area (Å²) in [6.07, 6.45) is 1.26. The number of nitrogens with two attached hydrogens (primary N) is 1. The number of hydrogen-bond acceptors (Lipinski definition) is 4. The van der Waals surface area contributed by atoms with E-state index in [0.29, 0.717) is 19.5 Å². The number of thiophene rings is 1. The normalized spacial score (nSPS) is 11.4. The molecule has 1 heterocycles. The van der Waals surface area contributed by atoms with E-state index in [4.69, 9.17) is 5.73 Å². The molecule has 0 aliphatic carbocycles. The molecule has 19 heavy (non-hydrogen) atoms. The number of hydrogen-bond donors (Lipinski definition) is 2. The number of carbonyl (C=O) groups excluding carboxylic acids is 1. The van der Waals surface area contributed by atoms with Gasteiger partial charge in [-0.1, -0.05) is 6.07 Å². The lowest BCUT2D eigenvalue weighted by Crippen LogP contribution is -2.34. The summed E-state index contributed by atoms with van der Waals surface area (Å²) in [5.41, 5.74) is 5.37. The van der Waals surface area contributed by atoms with Crippen molar-refractivity contribution in [3.8, 4) is 0 Å². The topological polar surface area (TPSA) is 58.4 Å². The van der Waals surface area contributed by atoms with E-state index in [1.54, 1.807) is 11.3 Å². The van der Waals surface area contributed by atoms with E-state index in [1.807, 2.05) is 20.2 Å². The molecule has 112 valence electrons. The summed E-state index contributed by atoms with van der Waals surface area (Å²) in [6, 6.07) is 4.38. The first-order valence-corrected chi connectivity index (χ1v) is 6.69. The van der Waals surface area contributed by atoms with Crippen LogP contribution in [0.1, 0.15) is 23.8 Å². The van der Waals surface area contributed by atoms with Gasteiger partial charge in [0.05, 0.1) is 6.04 Å². The van der Waals surface area contributed by atoms with Gasteiger partial charge in [0.15, 0.2) is 0 Å². The Labute approximate surface area is 131 Å². The van der Waals surface area contributed by atoms with Crippen LogP contribution < -0.4 is 11.1 Å².